The molecule has 9 heteroatoms. The number of hydrogen-bond donors (Lipinski definition) is 1. The highest BCUT2D eigenvalue weighted by atomic mass is 35.5. The first-order chi connectivity index (χ1) is 7.76. The van der Waals surface area contributed by atoms with Gasteiger partial charge in [-0.2, -0.15) is 0 Å². The fourth-order valence-electron chi connectivity index (χ4n) is 1.00. The Hall–Kier alpha value is -1.70. The quantitative estimate of drug-likeness (QED) is 0.849. The smallest absolute Gasteiger partial charge is 0.480 e. The maximum absolute atomic E-state index is 12.0. The lowest BCUT2D eigenvalue weighted by atomic mass is 10.3. The number of halogens is 4. The first kappa shape index (κ1) is 13.4. The van der Waals surface area contributed by atoms with Crippen LogP contribution in [0.2, 0.25) is 0 Å². The van der Waals surface area contributed by atoms with E-state index in [1.807, 2.05) is 0 Å². The SMILES string of the molecule is COc1[nH]cc(C(=O)Cl)c(=O)c1OC(F)(F)F. The molecule has 17 heavy (non-hydrogen) atoms. The van der Waals surface area contributed by atoms with Gasteiger partial charge in [0.05, 0.1) is 7.11 Å². The summed E-state index contributed by atoms with van der Waals surface area (Å²) in [7, 11) is 1.02. The van der Waals surface area contributed by atoms with Crippen LogP contribution >= 0.6 is 11.6 Å². The number of H-pyrrole nitrogens is 1. The van der Waals surface area contributed by atoms with E-state index in [2.05, 4.69) is 14.5 Å². The van der Waals surface area contributed by atoms with Gasteiger partial charge in [0.25, 0.3) is 5.24 Å². The molecule has 0 aromatic carbocycles. The second-order valence-corrected chi connectivity index (χ2v) is 3.06. The largest absolute Gasteiger partial charge is 0.573 e. The Morgan fingerprint density at radius 2 is 2.06 bits per heavy atom. The number of aromatic amines is 1. The summed E-state index contributed by atoms with van der Waals surface area (Å²) in [5, 5.41) is -1.21. The molecule has 1 heterocycles. The highest BCUT2D eigenvalue weighted by Gasteiger charge is 2.35. The zero-order valence-electron chi connectivity index (χ0n) is 8.22. The van der Waals surface area contributed by atoms with Crippen LogP contribution < -0.4 is 14.9 Å². The number of aromatic nitrogens is 1. The van der Waals surface area contributed by atoms with E-state index >= 15 is 0 Å². The fourth-order valence-corrected chi connectivity index (χ4v) is 1.14. The van der Waals surface area contributed by atoms with Crippen LogP contribution in [0.3, 0.4) is 0 Å². The van der Waals surface area contributed by atoms with E-state index in [4.69, 9.17) is 11.6 Å². The van der Waals surface area contributed by atoms with Crippen molar-refractivity contribution in [3.8, 4) is 11.6 Å². The van der Waals surface area contributed by atoms with Crippen LogP contribution in [0.4, 0.5) is 13.2 Å². The molecule has 1 N–H and O–H groups in total. The molecular weight excluding hydrogens is 267 g/mol. The Balaban J connectivity index is 3.38. The molecule has 0 atom stereocenters. The second-order valence-electron chi connectivity index (χ2n) is 2.72. The van der Waals surface area contributed by atoms with Gasteiger partial charge >= 0.3 is 6.36 Å². The van der Waals surface area contributed by atoms with Gasteiger partial charge in [-0.3, -0.25) is 9.59 Å². The standard InChI is InChI=1S/C8H5ClF3NO4/c1-16-7-5(17-8(10,11)12)4(14)3(2-13-7)6(9)15/h2H,1H3,(H,13,14). The van der Waals surface area contributed by atoms with Gasteiger partial charge in [-0.25, -0.2) is 0 Å². The number of pyridine rings is 1. The molecular formula is C8H5ClF3NO4. The van der Waals surface area contributed by atoms with Crippen LogP contribution in [-0.2, 0) is 0 Å². The van der Waals surface area contributed by atoms with Gasteiger partial charge in [0, 0.05) is 6.20 Å². The molecule has 0 unspecified atom stereocenters. The lowest BCUT2D eigenvalue weighted by Crippen LogP contribution is -2.24. The average molecular weight is 272 g/mol. The number of ether oxygens (including phenoxy) is 2. The minimum absolute atomic E-state index is 0.561. The van der Waals surface area contributed by atoms with Crippen molar-refractivity contribution in [3.05, 3.63) is 22.0 Å². The van der Waals surface area contributed by atoms with E-state index in [9.17, 15) is 22.8 Å². The normalized spacial score (nSPS) is 11.1. The maximum Gasteiger partial charge on any atom is 0.573 e. The zero-order valence-corrected chi connectivity index (χ0v) is 8.98. The predicted molar refractivity (Wildman–Crippen MR) is 50.5 cm³/mol. The molecule has 0 amide bonds. The lowest BCUT2D eigenvalue weighted by molar-refractivity contribution is -0.275. The summed E-state index contributed by atoms with van der Waals surface area (Å²) in [6.45, 7) is 0. The second kappa shape index (κ2) is 4.66. The minimum atomic E-state index is -5.09. The van der Waals surface area contributed by atoms with Crippen molar-refractivity contribution in [2.45, 2.75) is 6.36 Å². The van der Waals surface area contributed by atoms with E-state index in [0.29, 0.717) is 0 Å². The summed E-state index contributed by atoms with van der Waals surface area (Å²) >= 11 is 5.01. The fraction of sp³-hybridized carbons (Fsp3) is 0.250. The Morgan fingerprint density at radius 1 is 1.47 bits per heavy atom. The highest BCUT2D eigenvalue weighted by molar-refractivity contribution is 6.67. The molecule has 0 radical (unpaired) electrons. The van der Waals surface area contributed by atoms with E-state index in [0.717, 1.165) is 13.3 Å². The van der Waals surface area contributed by atoms with Crippen LogP contribution in [0.1, 0.15) is 10.4 Å². The molecule has 94 valence electrons. The van der Waals surface area contributed by atoms with Gasteiger partial charge in [0.2, 0.25) is 17.1 Å². The summed E-state index contributed by atoms with van der Waals surface area (Å²) in [6, 6.07) is 0. The van der Waals surface area contributed by atoms with Gasteiger partial charge in [-0.05, 0) is 11.6 Å². The lowest BCUT2D eigenvalue weighted by Gasteiger charge is -2.11. The zero-order chi connectivity index (χ0) is 13.2. The monoisotopic (exact) mass is 271 g/mol. The van der Waals surface area contributed by atoms with Crippen LogP contribution in [0.15, 0.2) is 11.0 Å². The number of carbonyl (C=O) groups is 1. The highest BCUT2D eigenvalue weighted by Crippen LogP contribution is 2.27. The molecule has 0 aliphatic heterocycles. The third kappa shape index (κ3) is 3.13. The van der Waals surface area contributed by atoms with Crippen LogP contribution in [0, 0.1) is 0 Å². The number of hydrogen-bond acceptors (Lipinski definition) is 4. The summed E-state index contributed by atoms with van der Waals surface area (Å²) in [5.74, 6) is -1.74. The number of carbonyl (C=O) groups excluding carboxylic acids is 1. The molecule has 0 aliphatic rings. The van der Waals surface area contributed by atoms with E-state index in [1.54, 1.807) is 0 Å². The first-order valence-corrected chi connectivity index (χ1v) is 4.39. The van der Waals surface area contributed by atoms with Gasteiger partial charge in [0.1, 0.15) is 5.56 Å². The van der Waals surface area contributed by atoms with Crippen molar-refractivity contribution >= 4 is 16.8 Å². The summed E-state index contributed by atoms with van der Waals surface area (Å²) in [5.41, 5.74) is -1.98. The minimum Gasteiger partial charge on any atom is -0.480 e. The van der Waals surface area contributed by atoms with Crippen molar-refractivity contribution in [3.63, 3.8) is 0 Å². The molecule has 0 saturated heterocycles. The molecule has 0 bridgehead atoms. The Bertz CT molecular complexity index is 497. The maximum atomic E-state index is 12.0. The van der Waals surface area contributed by atoms with Gasteiger partial charge in [0.15, 0.2) is 0 Å². The van der Waals surface area contributed by atoms with E-state index in [-0.39, 0.29) is 0 Å². The number of alkyl halides is 3. The molecule has 1 aromatic heterocycles. The molecule has 0 spiro atoms. The van der Waals surface area contributed by atoms with Crippen molar-refractivity contribution in [1.29, 1.82) is 0 Å². The summed E-state index contributed by atoms with van der Waals surface area (Å²) < 4.78 is 44.0. The number of nitrogens with one attached hydrogen (secondary N) is 1. The van der Waals surface area contributed by atoms with Crippen molar-refractivity contribution in [1.82, 2.24) is 4.98 Å². The van der Waals surface area contributed by atoms with Crippen LogP contribution in [0.25, 0.3) is 0 Å². The number of rotatable bonds is 3. The average Bonchev–Trinajstić information content (AvgIpc) is 2.18. The third-order valence-electron chi connectivity index (χ3n) is 1.64. The summed E-state index contributed by atoms with van der Waals surface area (Å²) in [6.07, 6.45) is -4.26. The molecule has 5 nitrogen and oxygen atoms in total. The number of methoxy groups -OCH3 is 1. The topological polar surface area (TPSA) is 68.4 Å². The van der Waals surface area contributed by atoms with Gasteiger partial charge in [-0.1, -0.05) is 0 Å². The van der Waals surface area contributed by atoms with Crippen molar-refractivity contribution in [2.75, 3.05) is 7.11 Å². The van der Waals surface area contributed by atoms with Gasteiger partial charge in [-0.15, -0.1) is 13.2 Å². The Labute approximate surface area is 97.1 Å². The van der Waals surface area contributed by atoms with Crippen molar-refractivity contribution in [2.24, 2.45) is 0 Å². The molecule has 1 rings (SSSR count). The molecule has 0 aliphatic carbocycles. The first-order valence-electron chi connectivity index (χ1n) is 4.01. The third-order valence-corrected chi connectivity index (χ3v) is 1.84. The van der Waals surface area contributed by atoms with E-state index < -0.39 is 34.2 Å². The molecule has 1 aromatic rings. The molecule has 0 fully saturated rings. The predicted octanol–water partition coefficient (Wildman–Crippen LogP) is 1.66. The van der Waals surface area contributed by atoms with Crippen LogP contribution in [0.5, 0.6) is 11.6 Å². The summed E-state index contributed by atoms with van der Waals surface area (Å²) in [4.78, 5) is 24.3. The van der Waals surface area contributed by atoms with Crippen molar-refractivity contribution < 1.29 is 27.4 Å². The van der Waals surface area contributed by atoms with Gasteiger partial charge < -0.3 is 14.5 Å². The van der Waals surface area contributed by atoms with E-state index in [1.165, 1.54) is 0 Å². The Morgan fingerprint density at radius 3 is 2.47 bits per heavy atom. The van der Waals surface area contributed by atoms with Crippen LogP contribution in [-0.4, -0.2) is 23.7 Å². The Kier molecular flexibility index (Phi) is 3.66. The molecule has 0 saturated carbocycles.